The number of rotatable bonds is 3. The number of fused-ring (bicyclic) bond motifs is 4. The highest BCUT2D eigenvalue weighted by Crippen LogP contribution is 2.43. The van der Waals surface area contributed by atoms with Gasteiger partial charge in [-0.1, -0.05) is 43.2 Å². The average molecular weight is 444 g/mol. The molecular formula is C25H24N4O4. The van der Waals surface area contributed by atoms with Crippen molar-refractivity contribution in [2.75, 3.05) is 6.54 Å². The molecule has 2 atom stereocenters. The molecule has 2 fully saturated rings. The first kappa shape index (κ1) is 20.0. The van der Waals surface area contributed by atoms with Gasteiger partial charge in [-0.05, 0) is 30.0 Å². The number of nitrogens with one attached hydrogen (secondary N) is 1. The molecule has 3 aliphatic rings. The molecule has 2 amide bonds. The maximum atomic E-state index is 13.7. The van der Waals surface area contributed by atoms with Crippen molar-refractivity contribution in [3.8, 4) is 0 Å². The monoisotopic (exact) mass is 444 g/mol. The summed E-state index contributed by atoms with van der Waals surface area (Å²) in [4.78, 5) is 45.2. The molecule has 3 aromatic rings. The van der Waals surface area contributed by atoms with E-state index >= 15 is 0 Å². The summed E-state index contributed by atoms with van der Waals surface area (Å²) in [5.74, 6) is -0.111. The first-order valence-corrected chi connectivity index (χ1v) is 11.5. The summed E-state index contributed by atoms with van der Waals surface area (Å²) in [6.45, 7) is 0.0704. The maximum absolute atomic E-state index is 13.7. The lowest BCUT2D eigenvalue weighted by Gasteiger charge is -2.48. The van der Waals surface area contributed by atoms with Crippen molar-refractivity contribution < 1.29 is 14.5 Å². The van der Waals surface area contributed by atoms with Gasteiger partial charge < -0.3 is 14.8 Å². The Labute approximate surface area is 190 Å². The van der Waals surface area contributed by atoms with Gasteiger partial charge in [-0.3, -0.25) is 19.7 Å². The van der Waals surface area contributed by atoms with Gasteiger partial charge in [0.25, 0.3) is 5.69 Å². The minimum atomic E-state index is -0.609. The zero-order valence-electron chi connectivity index (χ0n) is 18.1. The van der Waals surface area contributed by atoms with Crippen LogP contribution in [0.4, 0.5) is 5.69 Å². The number of para-hydroxylation sites is 1. The van der Waals surface area contributed by atoms with Gasteiger partial charge in [0, 0.05) is 41.2 Å². The van der Waals surface area contributed by atoms with Gasteiger partial charge >= 0.3 is 0 Å². The summed E-state index contributed by atoms with van der Waals surface area (Å²) in [7, 11) is 0. The molecular weight excluding hydrogens is 420 g/mol. The van der Waals surface area contributed by atoms with Gasteiger partial charge in [-0.15, -0.1) is 0 Å². The molecule has 2 aliphatic heterocycles. The molecule has 33 heavy (non-hydrogen) atoms. The van der Waals surface area contributed by atoms with E-state index in [1.165, 1.54) is 12.1 Å². The molecule has 0 bridgehead atoms. The van der Waals surface area contributed by atoms with E-state index in [0.29, 0.717) is 12.0 Å². The molecule has 6 rings (SSSR count). The van der Waals surface area contributed by atoms with Crippen LogP contribution in [-0.4, -0.2) is 50.1 Å². The molecule has 8 heteroatoms. The Hall–Kier alpha value is -3.68. The average Bonchev–Trinajstić information content (AvgIpc) is 3.48. The number of hydrogen-bond donors (Lipinski definition) is 1. The van der Waals surface area contributed by atoms with Crippen molar-refractivity contribution in [2.45, 2.75) is 50.2 Å². The predicted octanol–water partition coefficient (Wildman–Crippen LogP) is 3.70. The predicted molar refractivity (Wildman–Crippen MR) is 122 cm³/mol. The number of hydrogen-bond acceptors (Lipinski definition) is 4. The molecule has 168 valence electrons. The number of nitro groups is 1. The number of piperazine rings is 1. The second-order valence-electron chi connectivity index (χ2n) is 9.24. The molecule has 1 aliphatic carbocycles. The molecule has 1 saturated heterocycles. The molecule has 3 heterocycles. The van der Waals surface area contributed by atoms with E-state index < -0.39 is 17.0 Å². The highest BCUT2D eigenvalue weighted by atomic mass is 16.6. The minimum Gasteiger partial charge on any atom is -0.356 e. The quantitative estimate of drug-likeness (QED) is 0.492. The summed E-state index contributed by atoms with van der Waals surface area (Å²) < 4.78 is 0. The van der Waals surface area contributed by atoms with Crippen LogP contribution < -0.4 is 0 Å². The fourth-order valence-electron chi connectivity index (χ4n) is 5.97. The smallest absolute Gasteiger partial charge is 0.269 e. The van der Waals surface area contributed by atoms with Gasteiger partial charge in [0.2, 0.25) is 11.8 Å². The zero-order chi connectivity index (χ0) is 22.7. The Bertz CT molecular complexity index is 1290. The third-order valence-electron chi connectivity index (χ3n) is 7.46. The summed E-state index contributed by atoms with van der Waals surface area (Å²) in [5, 5.41) is 12.5. The minimum absolute atomic E-state index is 0.00661. The van der Waals surface area contributed by atoms with E-state index in [1.807, 2.05) is 24.3 Å². The fraction of sp³-hybridized carbons (Fsp3) is 0.360. The second-order valence-corrected chi connectivity index (χ2v) is 9.24. The van der Waals surface area contributed by atoms with E-state index in [-0.39, 0.29) is 30.1 Å². The van der Waals surface area contributed by atoms with Crippen LogP contribution in [0.25, 0.3) is 10.9 Å². The number of aromatic nitrogens is 1. The van der Waals surface area contributed by atoms with Gasteiger partial charge in [0.05, 0.1) is 11.0 Å². The highest BCUT2D eigenvalue weighted by Gasteiger charge is 2.49. The molecule has 2 unspecified atom stereocenters. The fourth-order valence-corrected chi connectivity index (χ4v) is 5.97. The Balaban J connectivity index is 1.52. The Morgan fingerprint density at radius 3 is 2.61 bits per heavy atom. The van der Waals surface area contributed by atoms with Crippen molar-refractivity contribution in [3.63, 3.8) is 0 Å². The maximum Gasteiger partial charge on any atom is 0.269 e. The second kappa shape index (κ2) is 7.43. The van der Waals surface area contributed by atoms with Crippen LogP contribution in [0.15, 0.2) is 48.5 Å². The summed E-state index contributed by atoms with van der Waals surface area (Å²) in [6.07, 6.45) is 4.50. The van der Waals surface area contributed by atoms with E-state index in [0.717, 1.165) is 47.8 Å². The lowest BCUT2D eigenvalue weighted by molar-refractivity contribution is -0.384. The number of carbonyl (C=O) groups excluding carboxylic acids is 2. The van der Waals surface area contributed by atoms with Crippen molar-refractivity contribution in [3.05, 3.63) is 75.5 Å². The van der Waals surface area contributed by atoms with Crippen LogP contribution in [-0.2, 0) is 16.0 Å². The summed E-state index contributed by atoms with van der Waals surface area (Å²) in [5.41, 5.74) is 3.39. The van der Waals surface area contributed by atoms with Crippen LogP contribution in [0, 0.1) is 10.1 Å². The SMILES string of the molecule is O=C1C2Cc3c([nH]c4ccccc34)C(c3cccc([N+](=O)[O-])c3)N2C(=O)CN1C1CCCC1. The summed E-state index contributed by atoms with van der Waals surface area (Å²) >= 11 is 0. The Kier molecular flexibility index (Phi) is 4.50. The molecule has 0 spiro atoms. The molecule has 8 nitrogen and oxygen atoms in total. The molecule has 2 aromatic carbocycles. The lowest BCUT2D eigenvalue weighted by Crippen LogP contribution is -2.64. The number of non-ortho nitro benzene ring substituents is 1. The van der Waals surface area contributed by atoms with Crippen molar-refractivity contribution >= 4 is 28.4 Å². The van der Waals surface area contributed by atoms with Gasteiger partial charge in [-0.25, -0.2) is 0 Å². The third kappa shape index (κ3) is 3.04. The van der Waals surface area contributed by atoms with Gasteiger partial charge in [0.15, 0.2) is 0 Å². The van der Waals surface area contributed by atoms with Crippen molar-refractivity contribution in [1.29, 1.82) is 0 Å². The van der Waals surface area contributed by atoms with Crippen LogP contribution >= 0.6 is 0 Å². The zero-order valence-corrected chi connectivity index (χ0v) is 18.1. The normalized spacial score (nSPS) is 23.2. The molecule has 1 aromatic heterocycles. The number of nitrogens with zero attached hydrogens (tertiary/aromatic N) is 3. The largest absolute Gasteiger partial charge is 0.356 e. The molecule has 0 radical (unpaired) electrons. The van der Waals surface area contributed by atoms with Crippen LogP contribution in [0.5, 0.6) is 0 Å². The molecule has 1 saturated carbocycles. The first-order chi connectivity index (χ1) is 16.0. The standard InChI is InChI=1S/C25H24N4O4/c30-22-14-27(16-7-1-2-8-16)25(31)21-13-19-18-10-3-4-11-20(18)26-23(19)24(28(21)22)15-6-5-9-17(12-15)29(32)33/h3-6,9-12,16,21,24,26H,1-2,7-8,13-14H2. The number of benzene rings is 2. The topological polar surface area (TPSA) is 99.5 Å². The van der Waals surface area contributed by atoms with Gasteiger partial charge in [-0.2, -0.15) is 0 Å². The van der Waals surface area contributed by atoms with Crippen molar-refractivity contribution in [1.82, 2.24) is 14.8 Å². The Morgan fingerprint density at radius 2 is 1.82 bits per heavy atom. The van der Waals surface area contributed by atoms with E-state index in [1.54, 1.807) is 21.9 Å². The van der Waals surface area contributed by atoms with Crippen LogP contribution in [0.2, 0.25) is 0 Å². The van der Waals surface area contributed by atoms with Crippen molar-refractivity contribution in [2.24, 2.45) is 0 Å². The van der Waals surface area contributed by atoms with Crippen LogP contribution in [0.3, 0.4) is 0 Å². The number of aromatic amines is 1. The number of amides is 2. The first-order valence-electron chi connectivity index (χ1n) is 11.5. The molecule has 1 N–H and O–H groups in total. The van der Waals surface area contributed by atoms with E-state index in [2.05, 4.69) is 4.98 Å². The highest BCUT2D eigenvalue weighted by molar-refractivity contribution is 5.97. The van der Waals surface area contributed by atoms with E-state index in [4.69, 9.17) is 0 Å². The van der Waals surface area contributed by atoms with Gasteiger partial charge in [0.1, 0.15) is 12.6 Å². The Morgan fingerprint density at radius 1 is 1.03 bits per heavy atom. The number of carbonyl (C=O) groups is 2. The van der Waals surface area contributed by atoms with E-state index in [9.17, 15) is 19.7 Å². The number of nitro benzene ring substituents is 1. The lowest BCUT2D eigenvalue weighted by atomic mass is 9.85. The summed E-state index contributed by atoms with van der Waals surface area (Å²) in [6, 6.07) is 13.3. The number of H-pyrrole nitrogens is 1. The van der Waals surface area contributed by atoms with Crippen LogP contribution in [0.1, 0.15) is 48.5 Å². The third-order valence-corrected chi connectivity index (χ3v) is 7.46.